The van der Waals surface area contributed by atoms with Crippen molar-refractivity contribution in [3.05, 3.63) is 70.7 Å². The topological polar surface area (TPSA) is 58.2 Å². The molecule has 4 rings (SSSR count). The maximum atomic E-state index is 12.7. The first-order chi connectivity index (χ1) is 14.5. The third-order valence-electron chi connectivity index (χ3n) is 7.03. The zero-order chi connectivity index (χ0) is 21.3. The van der Waals surface area contributed by atoms with E-state index in [2.05, 4.69) is 29.7 Å². The number of rotatable bonds is 7. The predicted molar refractivity (Wildman–Crippen MR) is 119 cm³/mol. The predicted octanol–water partition coefficient (Wildman–Crippen LogP) is 4.65. The van der Waals surface area contributed by atoms with E-state index in [-0.39, 0.29) is 23.8 Å². The SMILES string of the molecule is CC[C@@H](NC(=O)c1ccc(Cl)cc1)C1[C@H]2CC([C@H](C(=O)NC)c3ccccc3)C[C@@H]12. The highest BCUT2D eigenvalue weighted by Crippen LogP contribution is 2.63. The number of hydrogen-bond acceptors (Lipinski definition) is 2. The molecule has 4 nitrogen and oxygen atoms in total. The molecule has 0 aromatic heterocycles. The number of fused-ring (bicyclic) bond motifs is 1. The largest absolute Gasteiger partial charge is 0.359 e. The molecule has 0 aliphatic heterocycles. The van der Waals surface area contributed by atoms with Gasteiger partial charge in [-0.3, -0.25) is 9.59 Å². The smallest absolute Gasteiger partial charge is 0.251 e. The third-order valence-corrected chi connectivity index (χ3v) is 7.29. The fourth-order valence-corrected chi connectivity index (χ4v) is 5.71. The van der Waals surface area contributed by atoms with Gasteiger partial charge in [0.1, 0.15) is 0 Å². The average molecular weight is 425 g/mol. The molecule has 0 saturated heterocycles. The summed E-state index contributed by atoms with van der Waals surface area (Å²) in [5, 5.41) is 6.73. The summed E-state index contributed by atoms with van der Waals surface area (Å²) < 4.78 is 0. The van der Waals surface area contributed by atoms with Crippen LogP contribution in [0.4, 0.5) is 0 Å². The van der Waals surface area contributed by atoms with Gasteiger partial charge < -0.3 is 10.6 Å². The van der Waals surface area contributed by atoms with E-state index >= 15 is 0 Å². The molecule has 0 heterocycles. The lowest BCUT2D eigenvalue weighted by molar-refractivity contribution is -0.123. The molecule has 2 aromatic carbocycles. The number of likely N-dealkylation sites (N-methyl/N-ethyl adjacent to an activating group) is 1. The molecule has 0 radical (unpaired) electrons. The first-order valence-electron chi connectivity index (χ1n) is 10.9. The minimum absolute atomic E-state index is 0.0347. The normalized spacial score (nSPS) is 26.4. The van der Waals surface area contributed by atoms with Crippen molar-refractivity contribution in [2.45, 2.75) is 38.1 Å². The van der Waals surface area contributed by atoms with Crippen LogP contribution in [0.1, 0.15) is 48.0 Å². The molecule has 2 unspecified atom stereocenters. The lowest BCUT2D eigenvalue weighted by Crippen LogP contribution is -2.38. The first-order valence-corrected chi connectivity index (χ1v) is 11.2. The molecule has 2 saturated carbocycles. The summed E-state index contributed by atoms with van der Waals surface area (Å²) in [6.07, 6.45) is 3.02. The van der Waals surface area contributed by atoms with Crippen LogP contribution >= 0.6 is 11.6 Å². The zero-order valence-electron chi connectivity index (χ0n) is 17.5. The first kappa shape index (κ1) is 20.9. The fourth-order valence-electron chi connectivity index (χ4n) is 5.58. The molecule has 158 valence electrons. The Morgan fingerprint density at radius 2 is 1.67 bits per heavy atom. The second-order valence-electron chi connectivity index (χ2n) is 8.63. The summed E-state index contributed by atoms with van der Waals surface area (Å²) in [7, 11) is 1.72. The maximum Gasteiger partial charge on any atom is 0.251 e. The van der Waals surface area contributed by atoms with Crippen molar-refractivity contribution in [2.24, 2.45) is 23.7 Å². The Bertz CT molecular complexity index is 887. The summed E-state index contributed by atoms with van der Waals surface area (Å²) in [6, 6.07) is 17.3. The van der Waals surface area contributed by atoms with Gasteiger partial charge in [0.25, 0.3) is 5.91 Å². The number of halogens is 1. The van der Waals surface area contributed by atoms with E-state index < -0.39 is 0 Å². The van der Waals surface area contributed by atoms with Gasteiger partial charge in [-0.05, 0) is 72.8 Å². The Morgan fingerprint density at radius 3 is 2.23 bits per heavy atom. The summed E-state index contributed by atoms with van der Waals surface area (Å²) in [4.78, 5) is 25.3. The molecule has 5 heteroatoms. The van der Waals surface area contributed by atoms with Crippen molar-refractivity contribution in [3.8, 4) is 0 Å². The van der Waals surface area contributed by atoms with Crippen molar-refractivity contribution in [1.82, 2.24) is 10.6 Å². The van der Waals surface area contributed by atoms with Crippen LogP contribution in [0.25, 0.3) is 0 Å². The van der Waals surface area contributed by atoms with Gasteiger partial charge in [0.05, 0.1) is 5.92 Å². The molecule has 30 heavy (non-hydrogen) atoms. The average Bonchev–Trinajstić information content (AvgIpc) is 3.25. The van der Waals surface area contributed by atoms with Crippen molar-refractivity contribution in [1.29, 1.82) is 0 Å². The van der Waals surface area contributed by atoms with Gasteiger partial charge in [0.15, 0.2) is 0 Å². The lowest BCUT2D eigenvalue weighted by atomic mass is 9.80. The third kappa shape index (κ3) is 4.11. The Labute approximate surface area is 183 Å². The molecule has 2 aliphatic carbocycles. The Morgan fingerprint density at radius 1 is 1.03 bits per heavy atom. The van der Waals surface area contributed by atoms with Crippen molar-refractivity contribution < 1.29 is 9.59 Å². The monoisotopic (exact) mass is 424 g/mol. The summed E-state index contributed by atoms with van der Waals surface area (Å²) in [5.74, 6) is 2.06. The number of hydrogen-bond donors (Lipinski definition) is 2. The maximum absolute atomic E-state index is 12.7. The molecule has 2 aliphatic rings. The molecule has 2 N–H and O–H groups in total. The van der Waals surface area contributed by atoms with E-state index in [0.717, 1.165) is 24.8 Å². The van der Waals surface area contributed by atoms with Crippen LogP contribution in [-0.4, -0.2) is 24.9 Å². The van der Waals surface area contributed by atoms with Crippen molar-refractivity contribution in [3.63, 3.8) is 0 Å². The number of carbonyl (C=O) groups excluding carboxylic acids is 2. The van der Waals surface area contributed by atoms with Gasteiger partial charge >= 0.3 is 0 Å². The Kier molecular flexibility index (Phi) is 6.14. The van der Waals surface area contributed by atoms with E-state index in [4.69, 9.17) is 11.6 Å². The highest BCUT2D eigenvalue weighted by Gasteiger charge is 2.60. The Hall–Kier alpha value is -2.33. The van der Waals surface area contributed by atoms with Gasteiger partial charge in [0, 0.05) is 23.7 Å². The van der Waals surface area contributed by atoms with E-state index in [1.54, 1.807) is 31.3 Å². The molecule has 0 bridgehead atoms. The van der Waals surface area contributed by atoms with Crippen LogP contribution in [0, 0.1) is 23.7 Å². The van der Waals surface area contributed by atoms with Gasteiger partial charge in [-0.1, -0.05) is 48.9 Å². The van der Waals surface area contributed by atoms with Gasteiger partial charge in [0.2, 0.25) is 5.91 Å². The highest BCUT2D eigenvalue weighted by molar-refractivity contribution is 6.30. The van der Waals surface area contributed by atoms with Gasteiger partial charge in [-0.2, -0.15) is 0 Å². The summed E-state index contributed by atoms with van der Waals surface area (Å²) in [5.41, 5.74) is 1.74. The fraction of sp³-hybridized carbons (Fsp3) is 0.440. The standard InChI is InChI=1S/C25H29ClN2O2/c1-3-21(28-24(29)16-9-11-18(26)12-10-16)23-19-13-17(14-20(19)23)22(25(30)27-2)15-7-5-4-6-8-15/h4-12,17,19-23H,3,13-14H2,1-2H3,(H,27,30)(H,28,29)/t17?,19-,20+,21-,22-,23?/m1/s1. The number of nitrogens with one attached hydrogen (secondary N) is 2. The minimum Gasteiger partial charge on any atom is -0.359 e. The lowest BCUT2D eigenvalue weighted by Gasteiger charge is -2.26. The number of benzene rings is 2. The molecular weight excluding hydrogens is 396 g/mol. The van der Waals surface area contributed by atoms with Crippen LogP contribution in [0.15, 0.2) is 54.6 Å². The molecule has 6 atom stereocenters. The van der Waals surface area contributed by atoms with Crippen LogP contribution in [0.2, 0.25) is 5.02 Å². The molecular formula is C25H29ClN2O2. The van der Waals surface area contributed by atoms with E-state index in [1.807, 2.05) is 18.2 Å². The molecule has 0 spiro atoms. The summed E-state index contributed by atoms with van der Waals surface area (Å²) in [6.45, 7) is 2.13. The molecule has 2 amide bonds. The van der Waals surface area contributed by atoms with Crippen molar-refractivity contribution >= 4 is 23.4 Å². The van der Waals surface area contributed by atoms with E-state index in [0.29, 0.717) is 34.3 Å². The molecule has 2 fully saturated rings. The molecule has 2 aromatic rings. The number of carbonyl (C=O) groups is 2. The van der Waals surface area contributed by atoms with E-state index in [1.165, 1.54) is 0 Å². The van der Waals surface area contributed by atoms with Gasteiger partial charge in [-0.25, -0.2) is 0 Å². The second-order valence-corrected chi connectivity index (χ2v) is 9.07. The summed E-state index contributed by atoms with van der Waals surface area (Å²) >= 11 is 5.93. The highest BCUT2D eigenvalue weighted by atomic mass is 35.5. The van der Waals surface area contributed by atoms with E-state index in [9.17, 15) is 9.59 Å². The second kappa shape index (κ2) is 8.81. The van der Waals surface area contributed by atoms with Crippen molar-refractivity contribution in [2.75, 3.05) is 7.05 Å². The van der Waals surface area contributed by atoms with Crippen LogP contribution in [0.5, 0.6) is 0 Å². The Balaban J connectivity index is 1.40. The quantitative estimate of drug-likeness (QED) is 0.679. The van der Waals surface area contributed by atoms with Gasteiger partial charge in [-0.15, -0.1) is 0 Å². The van der Waals surface area contributed by atoms with Crippen LogP contribution in [0.3, 0.4) is 0 Å². The minimum atomic E-state index is -0.0895. The number of amides is 2. The van der Waals surface area contributed by atoms with Crippen LogP contribution in [-0.2, 0) is 4.79 Å². The van der Waals surface area contributed by atoms with Crippen LogP contribution < -0.4 is 10.6 Å². The zero-order valence-corrected chi connectivity index (χ0v) is 18.2.